The number of ether oxygens (including phenoxy) is 1. The molecule has 0 aliphatic heterocycles. The summed E-state index contributed by atoms with van der Waals surface area (Å²) in [5, 5.41) is 0. The summed E-state index contributed by atoms with van der Waals surface area (Å²) in [6, 6.07) is 6.35. The Labute approximate surface area is 92.8 Å². The third kappa shape index (κ3) is 3.78. The Morgan fingerprint density at radius 3 is 2.67 bits per heavy atom. The van der Waals surface area contributed by atoms with Crippen LogP contribution in [0.25, 0.3) is 6.08 Å². The van der Waals surface area contributed by atoms with Crippen LogP contribution in [0.5, 0.6) is 5.75 Å². The maximum Gasteiger partial charge on any atom is 0.120 e. The van der Waals surface area contributed by atoms with Crippen LogP contribution in [-0.4, -0.2) is 6.61 Å². The van der Waals surface area contributed by atoms with Crippen molar-refractivity contribution in [3.05, 3.63) is 35.9 Å². The van der Waals surface area contributed by atoms with Crippen molar-refractivity contribution >= 4 is 6.08 Å². The maximum absolute atomic E-state index is 5.52. The zero-order valence-corrected chi connectivity index (χ0v) is 9.75. The van der Waals surface area contributed by atoms with Gasteiger partial charge in [0.15, 0.2) is 0 Å². The molecule has 0 aromatic heterocycles. The van der Waals surface area contributed by atoms with Crippen molar-refractivity contribution in [2.24, 2.45) is 0 Å². The molecular weight excluding hydrogens is 184 g/mol. The Morgan fingerprint density at radius 2 is 2.07 bits per heavy atom. The van der Waals surface area contributed by atoms with Gasteiger partial charge in [-0.1, -0.05) is 32.1 Å². The molecule has 0 unspecified atom stereocenters. The Balaban J connectivity index is 2.84. The van der Waals surface area contributed by atoms with Gasteiger partial charge in [0.25, 0.3) is 0 Å². The zero-order chi connectivity index (χ0) is 11.1. The van der Waals surface area contributed by atoms with Crippen LogP contribution >= 0.6 is 0 Å². The third-order valence-corrected chi connectivity index (χ3v) is 2.35. The van der Waals surface area contributed by atoms with Crippen LogP contribution in [0.15, 0.2) is 24.8 Å². The van der Waals surface area contributed by atoms with E-state index < -0.39 is 0 Å². The first-order valence-corrected chi connectivity index (χ1v) is 5.69. The predicted octanol–water partition coefficient (Wildman–Crippen LogP) is 4.07. The molecule has 0 N–H and O–H groups in total. The van der Waals surface area contributed by atoms with Crippen LogP contribution < -0.4 is 4.74 Å². The van der Waals surface area contributed by atoms with Gasteiger partial charge >= 0.3 is 0 Å². The fraction of sp³-hybridized carbons (Fsp3) is 0.429. The van der Waals surface area contributed by atoms with Crippen molar-refractivity contribution in [1.82, 2.24) is 0 Å². The summed E-state index contributed by atoms with van der Waals surface area (Å²) in [7, 11) is 0. The van der Waals surface area contributed by atoms with Gasteiger partial charge in [-0.2, -0.15) is 0 Å². The van der Waals surface area contributed by atoms with E-state index in [1.165, 1.54) is 18.4 Å². The molecule has 1 nitrogen and oxygen atoms in total. The third-order valence-electron chi connectivity index (χ3n) is 2.35. The van der Waals surface area contributed by atoms with Gasteiger partial charge in [-0.25, -0.2) is 0 Å². The average Bonchev–Trinajstić information content (AvgIpc) is 2.26. The van der Waals surface area contributed by atoms with Crippen molar-refractivity contribution < 1.29 is 4.74 Å². The molecule has 1 aromatic carbocycles. The van der Waals surface area contributed by atoms with E-state index in [1.54, 1.807) is 0 Å². The van der Waals surface area contributed by atoms with Gasteiger partial charge in [-0.15, -0.1) is 0 Å². The van der Waals surface area contributed by atoms with E-state index in [9.17, 15) is 0 Å². The number of hydrogen-bond donors (Lipinski definition) is 0. The molecule has 1 rings (SSSR count). The highest BCUT2D eigenvalue weighted by molar-refractivity contribution is 5.51. The number of hydrogen-bond acceptors (Lipinski definition) is 1. The summed E-state index contributed by atoms with van der Waals surface area (Å²) in [5.41, 5.74) is 2.49. The molecule has 0 amide bonds. The molecule has 0 fully saturated rings. The standard InChI is InChI=1S/C14H20O/c1-4-7-8-13-9-12(5-2)10-14(11-13)15-6-3/h5,9-11H,2,4,6-8H2,1,3H3. The van der Waals surface area contributed by atoms with Crippen molar-refractivity contribution in [1.29, 1.82) is 0 Å². The van der Waals surface area contributed by atoms with Crippen molar-refractivity contribution in [3.63, 3.8) is 0 Å². The minimum absolute atomic E-state index is 0.716. The first-order chi connectivity index (χ1) is 7.30. The molecule has 82 valence electrons. The van der Waals surface area contributed by atoms with Crippen LogP contribution in [0, 0.1) is 0 Å². The second kappa shape index (κ2) is 6.28. The second-order valence-corrected chi connectivity index (χ2v) is 3.65. The zero-order valence-electron chi connectivity index (χ0n) is 9.75. The van der Waals surface area contributed by atoms with Gasteiger partial charge in [-0.05, 0) is 43.0 Å². The SMILES string of the molecule is C=Cc1cc(CCCC)cc(OCC)c1. The minimum Gasteiger partial charge on any atom is -0.494 e. The highest BCUT2D eigenvalue weighted by Gasteiger charge is 1.99. The van der Waals surface area contributed by atoms with E-state index in [1.807, 2.05) is 19.1 Å². The van der Waals surface area contributed by atoms with Crippen LogP contribution in [0.2, 0.25) is 0 Å². The molecule has 0 spiro atoms. The van der Waals surface area contributed by atoms with Crippen LogP contribution in [0.1, 0.15) is 37.8 Å². The van der Waals surface area contributed by atoms with Crippen molar-refractivity contribution in [2.45, 2.75) is 33.1 Å². The fourth-order valence-corrected chi connectivity index (χ4v) is 1.58. The molecule has 0 heterocycles. The lowest BCUT2D eigenvalue weighted by Gasteiger charge is -2.08. The molecule has 15 heavy (non-hydrogen) atoms. The predicted molar refractivity (Wildman–Crippen MR) is 66.3 cm³/mol. The highest BCUT2D eigenvalue weighted by atomic mass is 16.5. The van der Waals surface area contributed by atoms with E-state index in [0.717, 1.165) is 17.7 Å². The normalized spacial score (nSPS) is 10.0. The topological polar surface area (TPSA) is 9.23 Å². The van der Waals surface area contributed by atoms with Gasteiger partial charge in [0.1, 0.15) is 5.75 Å². The molecule has 0 aliphatic carbocycles. The lowest BCUT2D eigenvalue weighted by molar-refractivity contribution is 0.340. The average molecular weight is 204 g/mol. The summed E-state index contributed by atoms with van der Waals surface area (Å²) in [5.74, 6) is 0.959. The van der Waals surface area contributed by atoms with Gasteiger partial charge < -0.3 is 4.74 Å². The highest BCUT2D eigenvalue weighted by Crippen LogP contribution is 2.19. The first kappa shape index (κ1) is 11.8. The monoisotopic (exact) mass is 204 g/mol. The van der Waals surface area contributed by atoms with Crippen LogP contribution in [0.3, 0.4) is 0 Å². The summed E-state index contributed by atoms with van der Waals surface area (Å²) < 4.78 is 5.52. The van der Waals surface area contributed by atoms with Gasteiger partial charge in [0.2, 0.25) is 0 Å². The smallest absolute Gasteiger partial charge is 0.120 e. The quantitative estimate of drug-likeness (QED) is 0.678. The van der Waals surface area contributed by atoms with E-state index in [0.29, 0.717) is 6.61 Å². The number of unbranched alkanes of at least 4 members (excludes halogenated alkanes) is 1. The summed E-state index contributed by atoms with van der Waals surface area (Å²) in [6.07, 6.45) is 5.45. The van der Waals surface area contributed by atoms with Gasteiger partial charge in [0.05, 0.1) is 6.61 Å². The Morgan fingerprint density at radius 1 is 1.27 bits per heavy atom. The Bertz CT molecular complexity index is 315. The summed E-state index contributed by atoms with van der Waals surface area (Å²) in [4.78, 5) is 0. The van der Waals surface area contributed by atoms with E-state index in [-0.39, 0.29) is 0 Å². The number of benzene rings is 1. The van der Waals surface area contributed by atoms with Crippen LogP contribution in [0.4, 0.5) is 0 Å². The number of aryl methyl sites for hydroxylation is 1. The fourth-order valence-electron chi connectivity index (χ4n) is 1.58. The summed E-state index contributed by atoms with van der Waals surface area (Å²) >= 11 is 0. The summed E-state index contributed by atoms with van der Waals surface area (Å²) in [6.45, 7) is 8.73. The van der Waals surface area contributed by atoms with E-state index in [2.05, 4.69) is 25.6 Å². The van der Waals surface area contributed by atoms with Gasteiger partial charge in [-0.3, -0.25) is 0 Å². The Hall–Kier alpha value is -1.24. The van der Waals surface area contributed by atoms with Gasteiger partial charge in [0, 0.05) is 0 Å². The second-order valence-electron chi connectivity index (χ2n) is 3.65. The maximum atomic E-state index is 5.52. The lowest BCUT2D eigenvalue weighted by Crippen LogP contribution is -1.94. The molecule has 0 bridgehead atoms. The molecule has 0 radical (unpaired) electrons. The molecule has 0 aliphatic rings. The molecule has 1 aromatic rings. The van der Waals surface area contributed by atoms with Crippen molar-refractivity contribution in [2.75, 3.05) is 6.61 Å². The molecule has 0 saturated heterocycles. The molecule has 0 atom stereocenters. The van der Waals surface area contributed by atoms with Crippen LogP contribution in [-0.2, 0) is 6.42 Å². The minimum atomic E-state index is 0.716. The molecule has 0 saturated carbocycles. The molecule has 1 heteroatoms. The van der Waals surface area contributed by atoms with E-state index >= 15 is 0 Å². The molecular formula is C14H20O. The first-order valence-electron chi connectivity index (χ1n) is 5.69. The Kier molecular flexibility index (Phi) is 4.96. The van der Waals surface area contributed by atoms with E-state index in [4.69, 9.17) is 4.74 Å². The number of rotatable bonds is 6. The largest absolute Gasteiger partial charge is 0.494 e. The van der Waals surface area contributed by atoms with Crippen molar-refractivity contribution in [3.8, 4) is 5.75 Å². The lowest BCUT2D eigenvalue weighted by atomic mass is 10.0.